The Hall–Kier alpha value is -2.62. The molecular formula is C26H33IN6O. The number of hydrogen-bond acceptors (Lipinski definition) is 4. The molecule has 34 heavy (non-hydrogen) atoms. The molecule has 0 spiro atoms. The van der Waals surface area contributed by atoms with E-state index in [1.807, 2.05) is 30.7 Å². The summed E-state index contributed by atoms with van der Waals surface area (Å²) in [7, 11) is 1.98. The minimum atomic E-state index is 0. The maximum Gasteiger partial charge on any atom is 0.192 e. The highest BCUT2D eigenvalue weighted by molar-refractivity contribution is 14.0. The largest absolute Gasteiger partial charge is 0.493 e. The summed E-state index contributed by atoms with van der Waals surface area (Å²) in [6.45, 7) is 4.03. The van der Waals surface area contributed by atoms with Crippen molar-refractivity contribution in [3.63, 3.8) is 0 Å². The van der Waals surface area contributed by atoms with Crippen LogP contribution in [0.5, 0.6) is 5.75 Å². The summed E-state index contributed by atoms with van der Waals surface area (Å²) in [6, 6.07) is 19.2. The van der Waals surface area contributed by atoms with Crippen molar-refractivity contribution in [2.24, 2.45) is 17.5 Å². The van der Waals surface area contributed by atoms with Gasteiger partial charge >= 0.3 is 0 Å². The van der Waals surface area contributed by atoms with Gasteiger partial charge in [0.05, 0.1) is 12.6 Å². The topological polar surface area (TPSA) is 76.4 Å². The molecule has 0 bridgehead atoms. The fourth-order valence-electron chi connectivity index (χ4n) is 4.44. The molecule has 3 aromatic rings. The zero-order valence-corrected chi connectivity index (χ0v) is 22.2. The van der Waals surface area contributed by atoms with Gasteiger partial charge in [-0.15, -0.1) is 34.2 Å². The molecule has 1 atom stereocenters. The first-order valence-corrected chi connectivity index (χ1v) is 11.8. The quantitative estimate of drug-likeness (QED) is 0.251. The highest BCUT2D eigenvalue weighted by Gasteiger charge is 2.42. The maximum atomic E-state index is 5.85. The summed E-state index contributed by atoms with van der Waals surface area (Å²) >= 11 is 0. The fourth-order valence-corrected chi connectivity index (χ4v) is 4.44. The van der Waals surface area contributed by atoms with E-state index >= 15 is 0 Å². The third-order valence-corrected chi connectivity index (χ3v) is 6.84. The Morgan fingerprint density at radius 2 is 1.88 bits per heavy atom. The lowest BCUT2D eigenvalue weighted by atomic mass is 9.96. The third kappa shape index (κ3) is 5.71. The number of hydrogen-bond donors (Lipinski definition) is 2. The van der Waals surface area contributed by atoms with Gasteiger partial charge in [-0.25, -0.2) is 4.99 Å². The van der Waals surface area contributed by atoms with Crippen molar-refractivity contribution in [2.45, 2.75) is 45.2 Å². The van der Waals surface area contributed by atoms with Crippen molar-refractivity contribution in [1.29, 1.82) is 0 Å². The summed E-state index contributed by atoms with van der Waals surface area (Å²) in [5.74, 6) is 3.51. The van der Waals surface area contributed by atoms with Crippen molar-refractivity contribution < 1.29 is 4.74 Å². The van der Waals surface area contributed by atoms with E-state index in [1.54, 1.807) is 0 Å². The smallest absolute Gasteiger partial charge is 0.192 e. The van der Waals surface area contributed by atoms with Crippen molar-refractivity contribution in [2.75, 3.05) is 13.2 Å². The zero-order valence-electron chi connectivity index (χ0n) is 19.8. The van der Waals surface area contributed by atoms with Crippen LogP contribution < -0.4 is 15.4 Å². The number of fused-ring (bicyclic) bond motifs is 1. The molecule has 2 heterocycles. The molecule has 2 aromatic carbocycles. The number of aromatic nitrogens is 3. The van der Waals surface area contributed by atoms with Crippen molar-refractivity contribution >= 4 is 29.9 Å². The Kier molecular flexibility index (Phi) is 7.75. The van der Waals surface area contributed by atoms with E-state index in [1.165, 1.54) is 24.0 Å². The molecule has 1 aliphatic heterocycles. The van der Waals surface area contributed by atoms with Gasteiger partial charge in [-0.05, 0) is 43.2 Å². The number of aryl methyl sites for hydroxylation is 1. The molecule has 0 radical (unpaired) electrons. The molecule has 1 fully saturated rings. The van der Waals surface area contributed by atoms with Gasteiger partial charge < -0.3 is 19.9 Å². The van der Waals surface area contributed by atoms with Crippen LogP contribution in [0.2, 0.25) is 0 Å². The molecule has 2 aliphatic rings. The van der Waals surface area contributed by atoms with Gasteiger partial charge in [0.25, 0.3) is 0 Å². The number of guanidine groups is 1. The first-order valence-electron chi connectivity index (χ1n) is 11.8. The molecular weight excluding hydrogens is 539 g/mol. The lowest BCUT2D eigenvalue weighted by molar-refractivity contribution is 0.261. The predicted molar refractivity (Wildman–Crippen MR) is 145 cm³/mol. The van der Waals surface area contributed by atoms with Crippen LogP contribution in [0.3, 0.4) is 0 Å². The molecule has 0 saturated heterocycles. The number of nitrogens with zero attached hydrogens (tertiary/aromatic N) is 4. The van der Waals surface area contributed by atoms with Gasteiger partial charge in [0.1, 0.15) is 18.1 Å². The predicted octanol–water partition coefficient (Wildman–Crippen LogP) is 4.32. The highest BCUT2D eigenvalue weighted by atomic mass is 127. The Labute approximate surface area is 218 Å². The van der Waals surface area contributed by atoms with Gasteiger partial charge in [-0.3, -0.25) is 0 Å². The minimum absolute atomic E-state index is 0. The Bertz CT molecular complexity index is 1130. The highest BCUT2D eigenvalue weighted by Crippen LogP contribution is 2.47. The molecule has 1 unspecified atom stereocenters. The van der Waals surface area contributed by atoms with Crippen LogP contribution in [-0.4, -0.2) is 33.9 Å². The van der Waals surface area contributed by atoms with Crippen LogP contribution in [0.25, 0.3) is 0 Å². The van der Waals surface area contributed by atoms with Gasteiger partial charge in [0.15, 0.2) is 11.8 Å². The monoisotopic (exact) mass is 572 g/mol. The number of nitrogens with one attached hydrogen (secondary N) is 2. The second-order valence-corrected chi connectivity index (χ2v) is 9.28. The van der Waals surface area contributed by atoms with E-state index in [4.69, 9.17) is 9.73 Å². The van der Waals surface area contributed by atoms with E-state index in [0.717, 1.165) is 42.7 Å². The van der Waals surface area contributed by atoms with Crippen LogP contribution in [-0.2, 0) is 20.0 Å². The van der Waals surface area contributed by atoms with E-state index in [0.29, 0.717) is 18.6 Å². The summed E-state index contributed by atoms with van der Waals surface area (Å²) in [6.07, 6.45) is 4.47. The van der Waals surface area contributed by atoms with Gasteiger partial charge in [0, 0.05) is 25.6 Å². The Morgan fingerprint density at radius 1 is 1.12 bits per heavy atom. The normalized spacial score (nSPS) is 18.3. The summed E-state index contributed by atoms with van der Waals surface area (Å²) in [4.78, 5) is 4.90. The maximum absolute atomic E-state index is 5.85. The van der Waals surface area contributed by atoms with Crippen LogP contribution in [0.4, 0.5) is 0 Å². The second-order valence-electron chi connectivity index (χ2n) is 9.28. The van der Waals surface area contributed by atoms with Crippen molar-refractivity contribution in [3.05, 3.63) is 77.4 Å². The molecule has 180 valence electrons. The lowest BCUT2D eigenvalue weighted by Gasteiger charge is -2.28. The van der Waals surface area contributed by atoms with Crippen LogP contribution in [0, 0.1) is 12.3 Å². The van der Waals surface area contributed by atoms with Gasteiger partial charge in [-0.1, -0.05) is 48.5 Å². The SMILES string of the molecule is Cc1nnc(CN=C(NCC2(Cc3ccccc3)CC2)NC2CCOc3ccccc32)n1C.I. The molecule has 0 amide bonds. The van der Waals surface area contributed by atoms with E-state index in [-0.39, 0.29) is 30.0 Å². The van der Waals surface area contributed by atoms with E-state index < -0.39 is 0 Å². The molecule has 7 nitrogen and oxygen atoms in total. The summed E-state index contributed by atoms with van der Waals surface area (Å²) in [5, 5.41) is 15.8. The fraction of sp³-hybridized carbons (Fsp3) is 0.423. The van der Waals surface area contributed by atoms with Crippen molar-refractivity contribution in [3.8, 4) is 5.75 Å². The van der Waals surface area contributed by atoms with Crippen LogP contribution in [0.15, 0.2) is 59.6 Å². The number of ether oxygens (including phenoxy) is 1. The first-order chi connectivity index (χ1) is 16.1. The molecule has 2 N–H and O–H groups in total. The van der Waals surface area contributed by atoms with Crippen molar-refractivity contribution in [1.82, 2.24) is 25.4 Å². The summed E-state index contributed by atoms with van der Waals surface area (Å²) in [5.41, 5.74) is 2.88. The van der Waals surface area contributed by atoms with E-state index in [2.05, 4.69) is 63.3 Å². The molecule has 5 rings (SSSR count). The molecule has 1 aliphatic carbocycles. The molecule has 8 heteroatoms. The zero-order chi connectivity index (χ0) is 22.7. The minimum Gasteiger partial charge on any atom is -0.493 e. The molecule has 1 aromatic heterocycles. The first kappa shape index (κ1) is 24.5. The number of para-hydroxylation sites is 1. The van der Waals surface area contributed by atoms with E-state index in [9.17, 15) is 0 Å². The van der Waals surface area contributed by atoms with Crippen LogP contribution in [0.1, 0.15) is 48.1 Å². The number of benzene rings is 2. The Morgan fingerprint density at radius 3 is 2.62 bits per heavy atom. The third-order valence-electron chi connectivity index (χ3n) is 6.84. The number of rotatable bonds is 7. The standard InChI is InChI=1S/C26H32N6O.HI/c1-19-30-31-24(32(19)2)17-27-25(29-22-12-15-33-23-11-7-6-10-21(22)23)28-18-26(13-14-26)16-20-8-4-3-5-9-20;/h3-11,22H,12-18H2,1-2H3,(H2,27,28,29);1H. The lowest BCUT2D eigenvalue weighted by Crippen LogP contribution is -2.43. The Balaban J connectivity index is 0.00000274. The average molecular weight is 572 g/mol. The number of aliphatic imine (C=N–C) groups is 1. The average Bonchev–Trinajstić information content (AvgIpc) is 3.54. The summed E-state index contributed by atoms with van der Waals surface area (Å²) < 4.78 is 7.84. The number of halogens is 1. The second kappa shape index (κ2) is 10.8. The van der Waals surface area contributed by atoms with Gasteiger partial charge in [-0.2, -0.15) is 0 Å². The van der Waals surface area contributed by atoms with Gasteiger partial charge in [0.2, 0.25) is 0 Å². The van der Waals surface area contributed by atoms with Crippen LogP contribution >= 0.6 is 24.0 Å². The molecule has 1 saturated carbocycles.